The molecule has 0 spiro atoms. The van der Waals surface area contributed by atoms with Crippen LogP contribution in [-0.4, -0.2) is 19.3 Å². The molecule has 0 radical (unpaired) electrons. The van der Waals surface area contributed by atoms with Crippen LogP contribution in [0, 0.1) is 0 Å². The molecule has 0 aliphatic carbocycles. The molecule has 3 nitrogen and oxygen atoms in total. The first-order chi connectivity index (χ1) is 3.48. The SMILES string of the molecule is CSC(C)S(N)(=O)=O. The van der Waals surface area contributed by atoms with Gasteiger partial charge < -0.3 is 0 Å². The molecule has 0 aromatic carbocycles. The Labute approximate surface area is 53.7 Å². The molecule has 0 amide bonds. The Morgan fingerprint density at radius 2 is 2.00 bits per heavy atom. The number of thioether (sulfide) groups is 1. The van der Waals surface area contributed by atoms with Crippen LogP contribution in [0.2, 0.25) is 0 Å². The van der Waals surface area contributed by atoms with Crippen LogP contribution in [-0.2, 0) is 10.0 Å². The largest absolute Gasteiger partial charge is 0.228 e. The quantitative estimate of drug-likeness (QED) is 0.610. The average Bonchev–Trinajstić information content (AvgIpc) is 1.62. The molecule has 0 aromatic rings. The first kappa shape index (κ1) is 8.26. The summed E-state index contributed by atoms with van der Waals surface area (Å²) in [6.45, 7) is 1.56. The van der Waals surface area contributed by atoms with Gasteiger partial charge >= 0.3 is 0 Å². The molecule has 50 valence electrons. The number of hydrogen-bond donors (Lipinski definition) is 1. The van der Waals surface area contributed by atoms with Crippen LogP contribution in [0.5, 0.6) is 0 Å². The molecule has 0 fully saturated rings. The zero-order chi connectivity index (χ0) is 6.78. The molecule has 0 saturated carbocycles. The van der Waals surface area contributed by atoms with E-state index in [0.717, 1.165) is 0 Å². The summed E-state index contributed by atoms with van der Waals surface area (Å²) in [6.07, 6.45) is 1.70. The molecule has 8 heavy (non-hydrogen) atoms. The predicted octanol–water partition coefficient (Wildman–Crippen LogP) is -0.0161. The molecule has 0 rings (SSSR count). The molecule has 0 aliphatic heterocycles. The van der Waals surface area contributed by atoms with Crippen LogP contribution in [0.25, 0.3) is 0 Å². The highest BCUT2D eigenvalue weighted by atomic mass is 32.3. The fourth-order valence-corrected chi connectivity index (χ4v) is 1.21. The average molecular weight is 155 g/mol. The van der Waals surface area contributed by atoms with Gasteiger partial charge in [-0.3, -0.25) is 0 Å². The molecule has 2 N–H and O–H groups in total. The van der Waals surface area contributed by atoms with Gasteiger partial charge in [0.05, 0.1) is 0 Å². The Hall–Kier alpha value is 0.260. The van der Waals surface area contributed by atoms with Gasteiger partial charge in [-0.05, 0) is 13.2 Å². The molecule has 0 bridgehead atoms. The number of rotatable bonds is 2. The van der Waals surface area contributed by atoms with E-state index in [0.29, 0.717) is 0 Å². The molecule has 0 aromatic heterocycles. The van der Waals surface area contributed by atoms with Gasteiger partial charge in [-0.2, -0.15) is 0 Å². The van der Waals surface area contributed by atoms with E-state index in [4.69, 9.17) is 5.14 Å². The van der Waals surface area contributed by atoms with Gasteiger partial charge in [0.2, 0.25) is 10.0 Å². The lowest BCUT2D eigenvalue weighted by Crippen LogP contribution is -2.22. The Bertz CT molecular complexity index is 151. The van der Waals surface area contributed by atoms with E-state index in [9.17, 15) is 8.42 Å². The molecule has 5 heteroatoms. The number of primary sulfonamides is 1. The van der Waals surface area contributed by atoms with Crippen molar-refractivity contribution in [2.45, 2.75) is 11.5 Å². The van der Waals surface area contributed by atoms with Crippen molar-refractivity contribution in [3.63, 3.8) is 0 Å². The normalized spacial score (nSPS) is 15.9. The first-order valence-corrected chi connectivity index (χ1v) is 4.92. The van der Waals surface area contributed by atoms with E-state index < -0.39 is 14.6 Å². The monoisotopic (exact) mass is 155 g/mol. The Morgan fingerprint density at radius 1 is 1.62 bits per heavy atom. The summed E-state index contributed by atoms with van der Waals surface area (Å²) in [5.74, 6) is 0. The molecular formula is C3H9NO2S2. The van der Waals surface area contributed by atoms with Crippen molar-refractivity contribution in [2.24, 2.45) is 5.14 Å². The summed E-state index contributed by atoms with van der Waals surface area (Å²) in [6, 6.07) is 0. The summed E-state index contributed by atoms with van der Waals surface area (Å²) in [5.41, 5.74) is 0. The fourth-order valence-electron chi connectivity index (χ4n) is 0.134. The maximum Gasteiger partial charge on any atom is 0.221 e. The van der Waals surface area contributed by atoms with E-state index in [1.165, 1.54) is 11.8 Å². The number of nitrogens with two attached hydrogens (primary N) is 1. The fraction of sp³-hybridized carbons (Fsp3) is 1.00. The van der Waals surface area contributed by atoms with E-state index in [1.807, 2.05) is 0 Å². The third-order valence-electron chi connectivity index (χ3n) is 0.795. The highest BCUT2D eigenvalue weighted by molar-refractivity contribution is 8.12. The third-order valence-corrected chi connectivity index (χ3v) is 3.77. The highest BCUT2D eigenvalue weighted by Crippen LogP contribution is 2.08. The predicted molar refractivity (Wildman–Crippen MR) is 36.1 cm³/mol. The lowest BCUT2D eigenvalue weighted by molar-refractivity contribution is 0.596. The Kier molecular flexibility index (Phi) is 2.79. The van der Waals surface area contributed by atoms with E-state index in [2.05, 4.69) is 0 Å². The molecule has 0 heterocycles. The highest BCUT2D eigenvalue weighted by Gasteiger charge is 2.11. The smallest absolute Gasteiger partial charge is 0.221 e. The zero-order valence-corrected chi connectivity index (χ0v) is 6.42. The molecule has 1 atom stereocenters. The van der Waals surface area contributed by atoms with Gasteiger partial charge in [-0.25, -0.2) is 13.6 Å². The van der Waals surface area contributed by atoms with Crippen LogP contribution >= 0.6 is 11.8 Å². The van der Waals surface area contributed by atoms with E-state index in [-0.39, 0.29) is 0 Å². The van der Waals surface area contributed by atoms with Gasteiger partial charge in [0.1, 0.15) is 4.58 Å². The van der Waals surface area contributed by atoms with Crippen LogP contribution in [0.1, 0.15) is 6.92 Å². The summed E-state index contributed by atoms with van der Waals surface area (Å²) >= 11 is 1.22. The van der Waals surface area contributed by atoms with Crippen molar-refractivity contribution in [1.82, 2.24) is 0 Å². The molecule has 0 aliphatic rings. The van der Waals surface area contributed by atoms with Gasteiger partial charge in [0, 0.05) is 0 Å². The minimum atomic E-state index is -3.29. The summed E-state index contributed by atoms with van der Waals surface area (Å²) in [7, 11) is -3.29. The van der Waals surface area contributed by atoms with Crippen molar-refractivity contribution in [3.8, 4) is 0 Å². The zero-order valence-electron chi connectivity index (χ0n) is 4.79. The number of sulfonamides is 1. The standard InChI is InChI=1S/C3H9NO2S2/c1-3(7-2)8(4,5)6/h3H,1-2H3,(H2,4,5,6). The van der Waals surface area contributed by atoms with Gasteiger partial charge in [0.15, 0.2) is 0 Å². The second-order valence-electron chi connectivity index (χ2n) is 1.39. The van der Waals surface area contributed by atoms with Crippen LogP contribution in [0.3, 0.4) is 0 Å². The van der Waals surface area contributed by atoms with Crippen LogP contribution < -0.4 is 5.14 Å². The van der Waals surface area contributed by atoms with Crippen molar-refractivity contribution >= 4 is 21.8 Å². The van der Waals surface area contributed by atoms with E-state index >= 15 is 0 Å². The van der Waals surface area contributed by atoms with E-state index in [1.54, 1.807) is 13.2 Å². The maximum atomic E-state index is 10.3. The maximum absolute atomic E-state index is 10.3. The van der Waals surface area contributed by atoms with Crippen LogP contribution in [0.15, 0.2) is 0 Å². The molecule has 0 saturated heterocycles. The minimum absolute atomic E-state index is 0.484. The van der Waals surface area contributed by atoms with Crippen molar-refractivity contribution < 1.29 is 8.42 Å². The molecular weight excluding hydrogens is 146 g/mol. The second kappa shape index (κ2) is 2.70. The summed E-state index contributed by atoms with van der Waals surface area (Å²) in [4.78, 5) is 0. The summed E-state index contributed by atoms with van der Waals surface area (Å²) < 4.78 is 20.2. The van der Waals surface area contributed by atoms with Crippen molar-refractivity contribution in [1.29, 1.82) is 0 Å². The Morgan fingerprint density at radius 3 is 2.00 bits per heavy atom. The second-order valence-corrected chi connectivity index (χ2v) is 4.75. The van der Waals surface area contributed by atoms with Crippen molar-refractivity contribution in [3.05, 3.63) is 0 Å². The van der Waals surface area contributed by atoms with Crippen LogP contribution in [0.4, 0.5) is 0 Å². The molecule has 1 unspecified atom stereocenters. The van der Waals surface area contributed by atoms with Gasteiger partial charge in [-0.15, -0.1) is 11.8 Å². The van der Waals surface area contributed by atoms with Crippen molar-refractivity contribution in [2.75, 3.05) is 6.26 Å². The summed E-state index contributed by atoms with van der Waals surface area (Å²) in [5, 5.41) is 4.74. The lowest BCUT2D eigenvalue weighted by atomic mass is 11.0. The van der Waals surface area contributed by atoms with Gasteiger partial charge in [0.25, 0.3) is 0 Å². The first-order valence-electron chi connectivity index (χ1n) is 2.03. The lowest BCUT2D eigenvalue weighted by Gasteiger charge is -2.01. The number of hydrogen-bond acceptors (Lipinski definition) is 3. The third kappa shape index (κ3) is 2.54. The van der Waals surface area contributed by atoms with Gasteiger partial charge in [-0.1, -0.05) is 0 Å². The Balaban J connectivity index is 4.04. The minimum Gasteiger partial charge on any atom is -0.228 e. The topological polar surface area (TPSA) is 60.2 Å².